The largest absolute Gasteiger partial charge is 0.497 e. The number of halogens is 2. The van der Waals surface area contributed by atoms with Crippen molar-refractivity contribution in [3.63, 3.8) is 0 Å². The Kier molecular flexibility index (Phi) is 4.47. The minimum Gasteiger partial charge on any atom is -0.497 e. The lowest BCUT2D eigenvalue weighted by Gasteiger charge is -2.08. The fraction of sp³-hybridized carbons (Fsp3) is 0.125. The van der Waals surface area contributed by atoms with Gasteiger partial charge in [0.25, 0.3) is 0 Å². The van der Waals surface area contributed by atoms with Crippen molar-refractivity contribution in [2.24, 2.45) is 0 Å². The number of amides is 2. The Hall–Kier alpha value is -0.900. The molecule has 0 aliphatic carbocycles. The van der Waals surface area contributed by atoms with Crippen molar-refractivity contribution in [2.75, 3.05) is 12.4 Å². The second-order valence-corrected chi connectivity index (χ2v) is 7.28. The molecule has 0 aliphatic heterocycles. The predicted molar refractivity (Wildman–Crippen MR) is 64.5 cm³/mol. The summed E-state index contributed by atoms with van der Waals surface area (Å²) in [4.78, 5) is 11.2. The standard InChI is InChI=1S/C8H9Cl2N2O3P/c1-15-7-4-2-6(3-5-7)11-8(13)12-16(9,10)14/h2-5H,1H3,(H2,11,12,13,14). The van der Waals surface area contributed by atoms with E-state index in [2.05, 4.69) is 5.32 Å². The molecule has 2 amide bonds. The summed E-state index contributed by atoms with van der Waals surface area (Å²) < 4.78 is 15.8. The highest BCUT2D eigenvalue weighted by molar-refractivity contribution is 8.07. The average molecular weight is 283 g/mol. The topological polar surface area (TPSA) is 67.4 Å². The van der Waals surface area contributed by atoms with Gasteiger partial charge in [0.2, 0.25) is 0 Å². The zero-order chi connectivity index (χ0) is 12.2. The molecule has 0 unspecified atom stereocenters. The molecular formula is C8H9Cl2N2O3P. The van der Waals surface area contributed by atoms with E-state index >= 15 is 0 Å². The third-order valence-electron chi connectivity index (χ3n) is 1.58. The van der Waals surface area contributed by atoms with Gasteiger partial charge in [-0.2, -0.15) is 0 Å². The fourth-order valence-electron chi connectivity index (χ4n) is 0.952. The average Bonchev–Trinajstić information content (AvgIpc) is 2.16. The monoisotopic (exact) mass is 282 g/mol. The number of hydrogen-bond donors (Lipinski definition) is 2. The first kappa shape index (κ1) is 13.2. The SMILES string of the molecule is COc1ccc(NC(=O)NP(=O)(Cl)Cl)cc1. The van der Waals surface area contributed by atoms with Gasteiger partial charge in [-0.1, -0.05) is 0 Å². The van der Waals surface area contributed by atoms with Crippen LogP contribution in [-0.4, -0.2) is 13.1 Å². The third kappa shape index (κ3) is 4.75. The molecule has 0 saturated heterocycles. The van der Waals surface area contributed by atoms with E-state index in [-0.39, 0.29) is 0 Å². The molecular weight excluding hydrogens is 274 g/mol. The van der Waals surface area contributed by atoms with E-state index in [0.717, 1.165) is 0 Å². The number of ether oxygens (including phenoxy) is 1. The molecule has 5 nitrogen and oxygen atoms in total. The summed E-state index contributed by atoms with van der Waals surface area (Å²) >= 11 is 10.3. The number of anilines is 1. The maximum atomic E-state index is 11.2. The number of urea groups is 1. The normalized spacial score (nSPS) is 10.7. The lowest BCUT2D eigenvalue weighted by Crippen LogP contribution is -2.23. The summed E-state index contributed by atoms with van der Waals surface area (Å²) in [6.45, 7) is 0. The lowest BCUT2D eigenvalue weighted by molar-refractivity contribution is 0.256. The molecule has 0 aliphatic rings. The van der Waals surface area contributed by atoms with Gasteiger partial charge in [0.15, 0.2) is 0 Å². The van der Waals surface area contributed by atoms with Crippen molar-refractivity contribution in [3.05, 3.63) is 24.3 Å². The summed E-state index contributed by atoms with van der Waals surface area (Å²) in [5, 5.41) is 4.30. The van der Waals surface area contributed by atoms with E-state index in [0.29, 0.717) is 11.4 Å². The van der Waals surface area contributed by atoms with Crippen LogP contribution in [0.25, 0.3) is 0 Å². The van der Waals surface area contributed by atoms with Crippen LogP contribution in [0, 0.1) is 0 Å². The maximum absolute atomic E-state index is 11.2. The van der Waals surface area contributed by atoms with Gasteiger partial charge in [0.05, 0.1) is 7.11 Å². The van der Waals surface area contributed by atoms with Crippen LogP contribution in [0.1, 0.15) is 0 Å². The molecule has 0 aromatic heterocycles. The molecule has 0 fully saturated rings. The number of methoxy groups -OCH3 is 1. The van der Waals surface area contributed by atoms with E-state index < -0.39 is 12.0 Å². The minimum absolute atomic E-state index is 0.500. The van der Waals surface area contributed by atoms with Crippen LogP contribution in [0.3, 0.4) is 0 Å². The summed E-state index contributed by atoms with van der Waals surface area (Å²) in [5.41, 5.74) is 0.500. The highest BCUT2D eigenvalue weighted by Crippen LogP contribution is 2.51. The highest BCUT2D eigenvalue weighted by Gasteiger charge is 2.16. The Morgan fingerprint density at radius 1 is 1.31 bits per heavy atom. The fourth-order valence-corrected chi connectivity index (χ4v) is 1.70. The molecule has 0 spiro atoms. The van der Waals surface area contributed by atoms with Gasteiger partial charge >= 0.3 is 12.0 Å². The zero-order valence-corrected chi connectivity index (χ0v) is 10.6. The Labute approximate surface area is 102 Å². The van der Waals surface area contributed by atoms with Gasteiger partial charge in [0, 0.05) is 5.69 Å². The number of carbonyl (C=O) groups is 1. The Bertz CT molecular complexity index is 418. The van der Waals surface area contributed by atoms with Gasteiger partial charge in [-0.3, -0.25) is 9.65 Å². The first-order chi connectivity index (χ1) is 7.40. The van der Waals surface area contributed by atoms with Gasteiger partial charge in [0.1, 0.15) is 5.75 Å². The van der Waals surface area contributed by atoms with Crippen LogP contribution in [-0.2, 0) is 4.57 Å². The van der Waals surface area contributed by atoms with Crippen LogP contribution in [0.4, 0.5) is 10.5 Å². The number of rotatable bonds is 3. The van der Waals surface area contributed by atoms with Crippen molar-refractivity contribution in [1.29, 1.82) is 0 Å². The molecule has 0 bridgehead atoms. The second-order valence-electron chi connectivity index (χ2n) is 2.76. The van der Waals surface area contributed by atoms with Crippen molar-refractivity contribution in [2.45, 2.75) is 0 Å². The predicted octanol–water partition coefficient (Wildman–Crippen LogP) is 3.40. The third-order valence-corrected chi connectivity index (χ3v) is 2.55. The van der Waals surface area contributed by atoms with Gasteiger partial charge in [-0.15, -0.1) is 0 Å². The molecule has 8 heteroatoms. The van der Waals surface area contributed by atoms with Gasteiger partial charge in [-0.25, -0.2) is 4.79 Å². The first-order valence-corrected chi connectivity index (χ1v) is 7.65. The number of nitrogens with one attached hydrogen (secondary N) is 2. The first-order valence-electron chi connectivity index (χ1n) is 4.13. The lowest BCUT2D eigenvalue weighted by atomic mass is 10.3. The number of carbonyl (C=O) groups excluding carboxylic acids is 1. The zero-order valence-electron chi connectivity index (χ0n) is 8.24. The van der Waals surface area contributed by atoms with Gasteiger partial charge < -0.3 is 10.1 Å². The molecule has 2 N–H and O–H groups in total. The molecule has 1 aromatic carbocycles. The maximum Gasteiger partial charge on any atom is 0.346 e. The Morgan fingerprint density at radius 2 is 1.88 bits per heavy atom. The van der Waals surface area contributed by atoms with Crippen LogP contribution in [0.5, 0.6) is 5.75 Å². The van der Waals surface area contributed by atoms with E-state index in [1.807, 2.05) is 5.09 Å². The molecule has 0 heterocycles. The van der Waals surface area contributed by atoms with Crippen molar-refractivity contribution in [1.82, 2.24) is 5.09 Å². The van der Waals surface area contributed by atoms with Crippen LogP contribution in [0.2, 0.25) is 0 Å². The molecule has 88 valence electrons. The quantitative estimate of drug-likeness (QED) is 0.835. The highest BCUT2D eigenvalue weighted by atomic mass is 35.9. The molecule has 16 heavy (non-hydrogen) atoms. The van der Waals surface area contributed by atoms with Crippen LogP contribution in [0.15, 0.2) is 24.3 Å². The van der Waals surface area contributed by atoms with Gasteiger partial charge in [-0.05, 0) is 46.7 Å². The van der Waals surface area contributed by atoms with Crippen molar-refractivity contribution in [3.8, 4) is 5.75 Å². The van der Waals surface area contributed by atoms with Crippen LogP contribution < -0.4 is 15.1 Å². The van der Waals surface area contributed by atoms with Crippen molar-refractivity contribution < 1.29 is 14.1 Å². The summed E-state index contributed by atoms with van der Waals surface area (Å²) in [6.07, 6.45) is 0. The summed E-state index contributed by atoms with van der Waals surface area (Å²) in [7, 11) is 1.53. The Balaban J connectivity index is 2.60. The van der Waals surface area contributed by atoms with Crippen LogP contribution >= 0.6 is 28.5 Å². The summed E-state index contributed by atoms with van der Waals surface area (Å²) in [6, 6.07) is 5.82. The van der Waals surface area contributed by atoms with E-state index in [1.54, 1.807) is 24.3 Å². The van der Waals surface area contributed by atoms with E-state index in [1.165, 1.54) is 7.11 Å². The summed E-state index contributed by atoms with van der Waals surface area (Å²) in [5.74, 6) is -2.96. The smallest absolute Gasteiger partial charge is 0.346 e. The molecule has 0 saturated carbocycles. The minimum atomic E-state index is -3.62. The molecule has 1 rings (SSSR count). The van der Waals surface area contributed by atoms with Crippen molar-refractivity contribution >= 4 is 40.2 Å². The molecule has 1 aromatic rings. The number of hydrogen-bond acceptors (Lipinski definition) is 3. The number of benzene rings is 1. The van der Waals surface area contributed by atoms with E-state index in [9.17, 15) is 9.36 Å². The second kappa shape index (κ2) is 5.43. The molecule has 0 atom stereocenters. The Morgan fingerprint density at radius 3 is 2.31 bits per heavy atom. The molecule has 0 radical (unpaired) electrons. The van der Waals surface area contributed by atoms with E-state index in [4.69, 9.17) is 27.2 Å².